The van der Waals surface area contributed by atoms with E-state index in [0.717, 1.165) is 22.3 Å². The molecular weight excluding hydrogens is 360 g/mol. The van der Waals surface area contributed by atoms with Gasteiger partial charge in [0.15, 0.2) is 0 Å². The minimum atomic E-state index is -0.224. The molecule has 0 spiro atoms. The van der Waals surface area contributed by atoms with Crippen LogP contribution >= 0.6 is 0 Å². The SMILES string of the molecule is Cc1ccc(-c2nn(Cc3ccccc3)cc2C(=O)Nc2cc(C)ccn2)cc1. The van der Waals surface area contributed by atoms with Crippen molar-refractivity contribution in [1.29, 1.82) is 0 Å². The van der Waals surface area contributed by atoms with Crippen molar-refractivity contribution in [3.8, 4) is 11.3 Å². The van der Waals surface area contributed by atoms with E-state index in [2.05, 4.69) is 10.3 Å². The Morgan fingerprint density at radius 2 is 1.72 bits per heavy atom. The van der Waals surface area contributed by atoms with E-state index in [1.54, 1.807) is 12.4 Å². The van der Waals surface area contributed by atoms with Crippen molar-refractivity contribution in [2.24, 2.45) is 0 Å². The first-order valence-electron chi connectivity index (χ1n) is 9.51. The highest BCUT2D eigenvalue weighted by Crippen LogP contribution is 2.24. The summed E-state index contributed by atoms with van der Waals surface area (Å²) in [5.74, 6) is 0.304. The first-order chi connectivity index (χ1) is 14.1. The standard InChI is InChI=1S/C24H22N4O/c1-17-8-10-20(11-9-17)23-21(24(29)26-22-14-18(2)12-13-25-22)16-28(27-23)15-19-6-4-3-5-7-19/h3-14,16H,15H2,1-2H3,(H,25,26,29). The van der Waals surface area contributed by atoms with Gasteiger partial charge in [-0.15, -0.1) is 0 Å². The van der Waals surface area contributed by atoms with Gasteiger partial charge in [-0.25, -0.2) is 4.98 Å². The predicted octanol–water partition coefficient (Wildman–Crippen LogP) is 4.86. The van der Waals surface area contributed by atoms with Gasteiger partial charge >= 0.3 is 0 Å². The number of nitrogens with one attached hydrogen (secondary N) is 1. The van der Waals surface area contributed by atoms with Crippen molar-refractivity contribution < 1.29 is 4.79 Å². The Balaban J connectivity index is 1.69. The van der Waals surface area contributed by atoms with Crippen LogP contribution < -0.4 is 5.32 Å². The molecule has 0 bridgehead atoms. The van der Waals surface area contributed by atoms with E-state index >= 15 is 0 Å². The highest BCUT2D eigenvalue weighted by molar-refractivity contribution is 6.07. The summed E-state index contributed by atoms with van der Waals surface area (Å²) in [6, 6.07) is 21.8. The second-order valence-electron chi connectivity index (χ2n) is 7.11. The van der Waals surface area contributed by atoms with E-state index in [4.69, 9.17) is 5.10 Å². The van der Waals surface area contributed by atoms with Crippen LogP contribution in [0.15, 0.2) is 79.1 Å². The van der Waals surface area contributed by atoms with Crippen LogP contribution in [0, 0.1) is 13.8 Å². The maximum atomic E-state index is 13.0. The molecule has 144 valence electrons. The number of aromatic nitrogens is 3. The molecule has 4 rings (SSSR count). The molecule has 4 aromatic rings. The zero-order chi connectivity index (χ0) is 20.2. The number of aryl methyl sites for hydroxylation is 2. The molecular formula is C24H22N4O. The Morgan fingerprint density at radius 1 is 0.966 bits per heavy atom. The zero-order valence-electron chi connectivity index (χ0n) is 16.5. The molecule has 5 heteroatoms. The second kappa shape index (κ2) is 8.10. The highest BCUT2D eigenvalue weighted by Gasteiger charge is 2.19. The van der Waals surface area contributed by atoms with Crippen molar-refractivity contribution in [2.75, 3.05) is 5.32 Å². The molecule has 2 aromatic carbocycles. The molecule has 0 saturated carbocycles. The lowest BCUT2D eigenvalue weighted by atomic mass is 10.1. The van der Waals surface area contributed by atoms with Crippen molar-refractivity contribution in [3.05, 3.63) is 101 Å². The van der Waals surface area contributed by atoms with Gasteiger partial charge in [-0.3, -0.25) is 9.48 Å². The average Bonchev–Trinajstić information content (AvgIpc) is 3.13. The number of hydrogen-bond acceptors (Lipinski definition) is 3. The van der Waals surface area contributed by atoms with Crippen LogP contribution in [0.5, 0.6) is 0 Å². The molecule has 29 heavy (non-hydrogen) atoms. The molecule has 0 atom stereocenters. The number of hydrogen-bond donors (Lipinski definition) is 1. The Labute approximate surface area is 170 Å². The average molecular weight is 382 g/mol. The summed E-state index contributed by atoms with van der Waals surface area (Å²) < 4.78 is 1.81. The molecule has 0 aliphatic heterocycles. The Hall–Kier alpha value is -3.73. The minimum Gasteiger partial charge on any atom is -0.306 e. The summed E-state index contributed by atoms with van der Waals surface area (Å²) in [6.45, 7) is 4.59. The maximum Gasteiger partial charge on any atom is 0.260 e. The van der Waals surface area contributed by atoms with E-state index in [1.165, 1.54) is 0 Å². The normalized spacial score (nSPS) is 10.7. The summed E-state index contributed by atoms with van der Waals surface area (Å²) >= 11 is 0. The van der Waals surface area contributed by atoms with E-state index in [-0.39, 0.29) is 5.91 Å². The summed E-state index contributed by atoms with van der Waals surface area (Å²) in [5, 5.41) is 7.62. The number of carbonyl (C=O) groups is 1. The van der Waals surface area contributed by atoms with Crippen LogP contribution in [0.4, 0.5) is 5.82 Å². The molecule has 0 fully saturated rings. The van der Waals surface area contributed by atoms with Gasteiger partial charge in [0.1, 0.15) is 11.5 Å². The number of nitrogens with zero attached hydrogens (tertiary/aromatic N) is 3. The van der Waals surface area contributed by atoms with Gasteiger partial charge in [0.25, 0.3) is 5.91 Å². The van der Waals surface area contributed by atoms with Gasteiger partial charge in [0, 0.05) is 18.0 Å². The fourth-order valence-electron chi connectivity index (χ4n) is 3.15. The van der Waals surface area contributed by atoms with E-state index in [0.29, 0.717) is 23.6 Å². The molecule has 1 N–H and O–H groups in total. The monoisotopic (exact) mass is 382 g/mol. The molecule has 0 aliphatic rings. The van der Waals surface area contributed by atoms with Gasteiger partial charge < -0.3 is 5.32 Å². The van der Waals surface area contributed by atoms with E-state index in [1.807, 2.05) is 85.3 Å². The number of pyridine rings is 1. The topological polar surface area (TPSA) is 59.8 Å². The van der Waals surface area contributed by atoms with Crippen LogP contribution in [-0.4, -0.2) is 20.7 Å². The first kappa shape index (κ1) is 18.6. The Morgan fingerprint density at radius 3 is 2.45 bits per heavy atom. The lowest BCUT2D eigenvalue weighted by Crippen LogP contribution is -2.13. The smallest absolute Gasteiger partial charge is 0.260 e. The fraction of sp³-hybridized carbons (Fsp3) is 0.125. The van der Waals surface area contributed by atoms with Crippen LogP contribution in [0.1, 0.15) is 27.0 Å². The van der Waals surface area contributed by atoms with Gasteiger partial charge in [-0.2, -0.15) is 5.10 Å². The van der Waals surface area contributed by atoms with Gasteiger partial charge in [0.05, 0.1) is 12.1 Å². The third-order valence-corrected chi connectivity index (χ3v) is 4.68. The van der Waals surface area contributed by atoms with Crippen LogP contribution in [0.3, 0.4) is 0 Å². The quantitative estimate of drug-likeness (QED) is 0.536. The number of anilines is 1. The molecule has 2 heterocycles. The Kier molecular flexibility index (Phi) is 5.20. The highest BCUT2D eigenvalue weighted by atomic mass is 16.1. The minimum absolute atomic E-state index is 0.224. The van der Waals surface area contributed by atoms with Crippen LogP contribution in [-0.2, 0) is 6.54 Å². The van der Waals surface area contributed by atoms with E-state index in [9.17, 15) is 4.79 Å². The van der Waals surface area contributed by atoms with Crippen molar-refractivity contribution in [2.45, 2.75) is 20.4 Å². The van der Waals surface area contributed by atoms with Gasteiger partial charge in [-0.05, 0) is 37.1 Å². The fourth-order valence-corrected chi connectivity index (χ4v) is 3.15. The van der Waals surface area contributed by atoms with Crippen molar-refractivity contribution in [3.63, 3.8) is 0 Å². The lowest BCUT2D eigenvalue weighted by Gasteiger charge is -2.05. The van der Waals surface area contributed by atoms with Gasteiger partial charge in [0.2, 0.25) is 0 Å². The van der Waals surface area contributed by atoms with Crippen LogP contribution in [0.25, 0.3) is 11.3 Å². The number of rotatable bonds is 5. The number of benzene rings is 2. The summed E-state index contributed by atoms with van der Waals surface area (Å²) in [7, 11) is 0. The second-order valence-corrected chi connectivity index (χ2v) is 7.11. The summed E-state index contributed by atoms with van der Waals surface area (Å²) in [5.41, 5.74) is 5.41. The molecule has 5 nitrogen and oxygen atoms in total. The first-order valence-corrected chi connectivity index (χ1v) is 9.51. The predicted molar refractivity (Wildman–Crippen MR) is 115 cm³/mol. The van der Waals surface area contributed by atoms with Gasteiger partial charge in [-0.1, -0.05) is 60.2 Å². The Bertz CT molecular complexity index is 1130. The number of carbonyl (C=O) groups excluding carboxylic acids is 1. The molecule has 0 aliphatic carbocycles. The van der Waals surface area contributed by atoms with E-state index < -0.39 is 0 Å². The summed E-state index contributed by atoms with van der Waals surface area (Å²) in [6.07, 6.45) is 3.48. The molecule has 0 saturated heterocycles. The zero-order valence-corrected chi connectivity index (χ0v) is 16.5. The number of amides is 1. The molecule has 0 radical (unpaired) electrons. The summed E-state index contributed by atoms with van der Waals surface area (Å²) in [4.78, 5) is 17.3. The molecule has 2 aromatic heterocycles. The van der Waals surface area contributed by atoms with Crippen molar-refractivity contribution >= 4 is 11.7 Å². The maximum absolute atomic E-state index is 13.0. The van der Waals surface area contributed by atoms with Crippen molar-refractivity contribution in [1.82, 2.24) is 14.8 Å². The molecule has 1 amide bonds. The third-order valence-electron chi connectivity index (χ3n) is 4.68. The third kappa shape index (κ3) is 4.41. The molecule has 0 unspecified atom stereocenters. The largest absolute Gasteiger partial charge is 0.306 e. The van der Waals surface area contributed by atoms with Crippen LogP contribution in [0.2, 0.25) is 0 Å². The lowest BCUT2D eigenvalue weighted by molar-refractivity contribution is 0.102.